The lowest BCUT2D eigenvalue weighted by Gasteiger charge is -2.26. The van der Waals surface area contributed by atoms with E-state index in [0.717, 1.165) is 12.0 Å². The Balaban J connectivity index is 2.11. The van der Waals surface area contributed by atoms with Gasteiger partial charge in [-0.3, -0.25) is 4.79 Å². The van der Waals surface area contributed by atoms with Crippen molar-refractivity contribution in [3.63, 3.8) is 0 Å². The first-order valence-corrected chi connectivity index (χ1v) is 8.75. The number of amides is 1. The molecule has 7 heteroatoms. The van der Waals surface area contributed by atoms with Crippen molar-refractivity contribution in [2.75, 3.05) is 0 Å². The number of thioether (sulfide) groups is 1. The van der Waals surface area contributed by atoms with Crippen LogP contribution < -0.4 is 5.32 Å². The third-order valence-corrected chi connectivity index (χ3v) is 5.07. The first-order valence-electron chi connectivity index (χ1n) is 7.87. The Hall–Kier alpha value is -1.89. The van der Waals surface area contributed by atoms with E-state index in [1.807, 2.05) is 39.3 Å². The molecular formula is C17H23FN4OS. The van der Waals surface area contributed by atoms with Crippen LogP contribution >= 0.6 is 11.8 Å². The lowest BCUT2D eigenvalue weighted by atomic mass is 10.0. The van der Waals surface area contributed by atoms with Gasteiger partial charge >= 0.3 is 0 Å². The third-order valence-electron chi connectivity index (χ3n) is 3.93. The highest BCUT2D eigenvalue weighted by atomic mass is 32.2. The molecule has 0 radical (unpaired) electrons. The predicted octanol–water partition coefficient (Wildman–Crippen LogP) is 3.41. The Morgan fingerprint density at radius 2 is 1.96 bits per heavy atom. The molecule has 1 aromatic carbocycles. The molecule has 1 amide bonds. The van der Waals surface area contributed by atoms with Crippen LogP contribution in [0.1, 0.15) is 34.1 Å². The highest BCUT2D eigenvalue weighted by molar-refractivity contribution is 8.00. The summed E-state index contributed by atoms with van der Waals surface area (Å²) in [4.78, 5) is 12.3. The Morgan fingerprint density at radius 3 is 2.54 bits per heavy atom. The van der Waals surface area contributed by atoms with Crippen LogP contribution in [0.25, 0.3) is 11.4 Å². The van der Waals surface area contributed by atoms with Crippen molar-refractivity contribution < 1.29 is 9.18 Å². The van der Waals surface area contributed by atoms with Crippen LogP contribution in [0.3, 0.4) is 0 Å². The number of benzene rings is 1. The summed E-state index contributed by atoms with van der Waals surface area (Å²) in [5, 5.41) is 11.7. The zero-order valence-electron chi connectivity index (χ0n) is 14.6. The SMILES string of the molecule is CCC(C)(C)NC(=O)C(C)Sc1nnc(-c2ccc(F)cc2)n1C. The first-order chi connectivity index (χ1) is 11.2. The molecule has 130 valence electrons. The van der Waals surface area contributed by atoms with Gasteiger partial charge in [0.2, 0.25) is 5.91 Å². The topological polar surface area (TPSA) is 59.8 Å². The van der Waals surface area contributed by atoms with Crippen molar-refractivity contribution in [1.82, 2.24) is 20.1 Å². The molecule has 2 rings (SSSR count). The molecule has 2 aromatic rings. The monoisotopic (exact) mass is 350 g/mol. The van der Waals surface area contributed by atoms with E-state index in [4.69, 9.17) is 0 Å². The highest BCUT2D eigenvalue weighted by Crippen LogP contribution is 2.26. The molecule has 1 aromatic heterocycles. The lowest BCUT2D eigenvalue weighted by molar-refractivity contribution is -0.121. The summed E-state index contributed by atoms with van der Waals surface area (Å²) in [5.41, 5.74) is 0.549. The van der Waals surface area contributed by atoms with Gasteiger partial charge in [-0.1, -0.05) is 18.7 Å². The van der Waals surface area contributed by atoms with Crippen LogP contribution in [0.4, 0.5) is 4.39 Å². The van der Waals surface area contributed by atoms with Gasteiger partial charge < -0.3 is 9.88 Å². The van der Waals surface area contributed by atoms with E-state index in [-0.39, 0.29) is 22.5 Å². The van der Waals surface area contributed by atoms with Crippen LogP contribution in [0.2, 0.25) is 0 Å². The fourth-order valence-electron chi connectivity index (χ4n) is 2.00. The Morgan fingerprint density at radius 1 is 1.33 bits per heavy atom. The van der Waals surface area contributed by atoms with Crippen molar-refractivity contribution in [1.29, 1.82) is 0 Å². The minimum Gasteiger partial charge on any atom is -0.350 e. The van der Waals surface area contributed by atoms with Crippen molar-refractivity contribution in [3.05, 3.63) is 30.1 Å². The molecule has 1 heterocycles. The van der Waals surface area contributed by atoms with Gasteiger partial charge in [0.05, 0.1) is 5.25 Å². The largest absolute Gasteiger partial charge is 0.350 e. The van der Waals surface area contributed by atoms with Gasteiger partial charge in [-0.2, -0.15) is 0 Å². The molecule has 0 saturated heterocycles. The fraction of sp³-hybridized carbons (Fsp3) is 0.471. The summed E-state index contributed by atoms with van der Waals surface area (Å²) in [6.45, 7) is 7.88. The maximum Gasteiger partial charge on any atom is 0.233 e. The minimum absolute atomic E-state index is 0.0295. The molecule has 1 unspecified atom stereocenters. The number of carbonyl (C=O) groups is 1. The summed E-state index contributed by atoms with van der Waals surface area (Å²) in [7, 11) is 1.83. The number of hydrogen-bond donors (Lipinski definition) is 1. The van der Waals surface area contributed by atoms with Gasteiger partial charge in [0.1, 0.15) is 5.82 Å². The lowest BCUT2D eigenvalue weighted by Crippen LogP contribution is -2.46. The molecule has 24 heavy (non-hydrogen) atoms. The molecular weight excluding hydrogens is 327 g/mol. The van der Waals surface area contributed by atoms with E-state index in [9.17, 15) is 9.18 Å². The number of halogens is 1. The maximum absolute atomic E-state index is 13.0. The van der Waals surface area contributed by atoms with Gasteiger partial charge in [0.15, 0.2) is 11.0 Å². The van der Waals surface area contributed by atoms with Crippen LogP contribution in [0.5, 0.6) is 0 Å². The molecule has 0 aliphatic carbocycles. The zero-order valence-corrected chi connectivity index (χ0v) is 15.4. The standard InChI is InChI=1S/C17H23FN4OS/c1-6-17(3,4)19-15(23)11(2)24-16-21-20-14(22(16)5)12-7-9-13(18)10-8-12/h7-11H,6H2,1-5H3,(H,19,23). The van der Waals surface area contributed by atoms with Gasteiger partial charge in [-0.25, -0.2) is 4.39 Å². The molecule has 0 aliphatic heterocycles. The van der Waals surface area contributed by atoms with Crippen molar-refractivity contribution in [2.24, 2.45) is 7.05 Å². The van der Waals surface area contributed by atoms with Crippen LogP contribution in [-0.4, -0.2) is 31.5 Å². The summed E-state index contributed by atoms with van der Waals surface area (Å²) in [5.74, 6) is 0.316. The fourth-order valence-corrected chi connectivity index (χ4v) is 2.82. The van der Waals surface area contributed by atoms with Gasteiger partial charge in [0, 0.05) is 18.2 Å². The molecule has 5 nitrogen and oxygen atoms in total. The van der Waals surface area contributed by atoms with Gasteiger partial charge in [0.25, 0.3) is 0 Å². The smallest absolute Gasteiger partial charge is 0.233 e. The van der Waals surface area contributed by atoms with E-state index in [2.05, 4.69) is 15.5 Å². The highest BCUT2D eigenvalue weighted by Gasteiger charge is 2.24. The van der Waals surface area contributed by atoms with Crippen molar-refractivity contribution in [3.8, 4) is 11.4 Å². The molecule has 0 saturated carbocycles. The van der Waals surface area contributed by atoms with Crippen LogP contribution in [0, 0.1) is 5.82 Å². The Bertz CT molecular complexity index is 712. The molecule has 1 N–H and O–H groups in total. The van der Waals surface area contributed by atoms with Crippen molar-refractivity contribution >= 4 is 17.7 Å². The summed E-state index contributed by atoms with van der Waals surface area (Å²) in [6, 6.07) is 6.10. The second kappa shape index (κ2) is 7.34. The van der Waals surface area contributed by atoms with Crippen LogP contribution in [0.15, 0.2) is 29.4 Å². The second-order valence-corrected chi connectivity index (χ2v) is 7.67. The molecule has 0 bridgehead atoms. The average molecular weight is 350 g/mol. The number of rotatable bonds is 6. The second-order valence-electron chi connectivity index (χ2n) is 6.36. The Kier molecular flexibility index (Phi) is 5.64. The number of nitrogens with zero attached hydrogens (tertiary/aromatic N) is 3. The van der Waals surface area contributed by atoms with E-state index in [1.165, 1.54) is 23.9 Å². The number of nitrogens with one attached hydrogen (secondary N) is 1. The normalized spacial score (nSPS) is 12.9. The summed E-state index contributed by atoms with van der Waals surface area (Å²) < 4.78 is 14.9. The third kappa shape index (κ3) is 4.35. The zero-order chi connectivity index (χ0) is 17.9. The molecule has 0 fully saturated rings. The summed E-state index contributed by atoms with van der Waals surface area (Å²) >= 11 is 1.35. The number of carbonyl (C=O) groups excluding carboxylic acids is 1. The molecule has 0 aliphatic rings. The van der Waals surface area contributed by atoms with E-state index in [1.54, 1.807) is 12.1 Å². The number of hydrogen-bond acceptors (Lipinski definition) is 4. The Labute approximate surface area is 146 Å². The minimum atomic E-state index is -0.292. The molecule has 1 atom stereocenters. The average Bonchev–Trinajstić information content (AvgIpc) is 2.89. The predicted molar refractivity (Wildman–Crippen MR) is 94.2 cm³/mol. The van der Waals surface area contributed by atoms with Crippen LogP contribution in [-0.2, 0) is 11.8 Å². The molecule has 0 spiro atoms. The maximum atomic E-state index is 13.0. The summed E-state index contributed by atoms with van der Waals surface area (Å²) in [6.07, 6.45) is 0.856. The van der Waals surface area contributed by atoms with E-state index < -0.39 is 0 Å². The van der Waals surface area contributed by atoms with Crippen molar-refractivity contribution in [2.45, 2.75) is 50.1 Å². The van der Waals surface area contributed by atoms with Gasteiger partial charge in [-0.15, -0.1) is 10.2 Å². The first kappa shape index (κ1) is 18.4. The quantitative estimate of drug-likeness (QED) is 0.811. The van der Waals surface area contributed by atoms with Gasteiger partial charge in [-0.05, 0) is 51.5 Å². The number of aromatic nitrogens is 3. The van der Waals surface area contributed by atoms with E-state index >= 15 is 0 Å². The van der Waals surface area contributed by atoms with E-state index in [0.29, 0.717) is 11.0 Å².